The second-order valence-electron chi connectivity index (χ2n) is 6.64. The van der Waals surface area contributed by atoms with Crippen LogP contribution in [0.4, 0.5) is 5.95 Å². The summed E-state index contributed by atoms with van der Waals surface area (Å²) < 4.78 is 5.46. The van der Waals surface area contributed by atoms with Gasteiger partial charge in [-0.1, -0.05) is 0 Å². The van der Waals surface area contributed by atoms with Crippen LogP contribution in [-0.2, 0) is 0 Å². The molecule has 21 heavy (non-hydrogen) atoms. The summed E-state index contributed by atoms with van der Waals surface area (Å²) in [6.45, 7) is 5.84. The lowest BCUT2D eigenvalue weighted by Gasteiger charge is -2.35. The van der Waals surface area contributed by atoms with Gasteiger partial charge in [-0.2, -0.15) is 4.98 Å². The quantitative estimate of drug-likeness (QED) is 0.903. The molecule has 0 radical (unpaired) electrons. The first kappa shape index (κ1) is 14.8. The van der Waals surface area contributed by atoms with E-state index in [1.807, 2.05) is 19.0 Å². The number of aromatic nitrogens is 2. The van der Waals surface area contributed by atoms with Crippen LogP contribution in [0.1, 0.15) is 37.5 Å². The SMILES string of the molecule is CN(C)c1noc(C2CCCN(CC3CCCNC3)C2)n1. The van der Waals surface area contributed by atoms with Gasteiger partial charge in [0, 0.05) is 27.2 Å². The van der Waals surface area contributed by atoms with Crippen molar-refractivity contribution in [3.63, 3.8) is 0 Å². The monoisotopic (exact) mass is 293 g/mol. The van der Waals surface area contributed by atoms with Gasteiger partial charge in [-0.05, 0) is 56.4 Å². The average molecular weight is 293 g/mol. The molecule has 2 unspecified atom stereocenters. The molecule has 1 N–H and O–H groups in total. The predicted molar refractivity (Wildman–Crippen MR) is 82.6 cm³/mol. The van der Waals surface area contributed by atoms with E-state index in [9.17, 15) is 0 Å². The molecule has 0 bridgehead atoms. The highest BCUT2D eigenvalue weighted by Crippen LogP contribution is 2.27. The van der Waals surface area contributed by atoms with Crippen molar-refractivity contribution >= 4 is 5.95 Å². The number of piperidine rings is 2. The Morgan fingerprint density at radius 1 is 1.33 bits per heavy atom. The van der Waals surface area contributed by atoms with Crippen molar-refractivity contribution < 1.29 is 4.52 Å². The van der Waals surface area contributed by atoms with Gasteiger partial charge in [0.05, 0.1) is 5.92 Å². The molecule has 0 spiro atoms. The highest BCUT2D eigenvalue weighted by Gasteiger charge is 2.27. The zero-order valence-corrected chi connectivity index (χ0v) is 13.2. The summed E-state index contributed by atoms with van der Waals surface area (Å²) in [7, 11) is 3.88. The highest BCUT2D eigenvalue weighted by atomic mass is 16.5. The Morgan fingerprint density at radius 2 is 2.24 bits per heavy atom. The fourth-order valence-corrected chi connectivity index (χ4v) is 3.44. The van der Waals surface area contributed by atoms with Gasteiger partial charge < -0.3 is 19.6 Å². The topological polar surface area (TPSA) is 57.4 Å². The van der Waals surface area contributed by atoms with Crippen LogP contribution in [0.2, 0.25) is 0 Å². The van der Waals surface area contributed by atoms with E-state index in [2.05, 4.69) is 20.4 Å². The molecule has 2 atom stereocenters. The molecule has 3 rings (SSSR count). The van der Waals surface area contributed by atoms with Crippen LogP contribution in [0.15, 0.2) is 4.52 Å². The molecule has 2 aliphatic heterocycles. The third kappa shape index (κ3) is 3.74. The lowest BCUT2D eigenvalue weighted by atomic mass is 9.94. The number of rotatable bonds is 4. The normalized spacial score (nSPS) is 27.7. The Morgan fingerprint density at radius 3 is 2.95 bits per heavy atom. The maximum absolute atomic E-state index is 5.46. The fourth-order valence-electron chi connectivity index (χ4n) is 3.44. The molecule has 2 saturated heterocycles. The molecular weight excluding hydrogens is 266 g/mol. The van der Waals surface area contributed by atoms with Gasteiger partial charge >= 0.3 is 0 Å². The van der Waals surface area contributed by atoms with Gasteiger partial charge in [0.1, 0.15) is 0 Å². The van der Waals surface area contributed by atoms with Crippen LogP contribution in [0.3, 0.4) is 0 Å². The van der Waals surface area contributed by atoms with Crippen molar-refractivity contribution in [1.82, 2.24) is 20.4 Å². The smallest absolute Gasteiger partial charge is 0.265 e. The van der Waals surface area contributed by atoms with E-state index in [-0.39, 0.29) is 0 Å². The first-order valence-electron chi connectivity index (χ1n) is 8.16. The summed E-state index contributed by atoms with van der Waals surface area (Å²) in [5, 5.41) is 7.55. The van der Waals surface area contributed by atoms with Gasteiger partial charge in [-0.3, -0.25) is 0 Å². The number of hydrogen-bond donors (Lipinski definition) is 1. The minimum absolute atomic E-state index is 0.400. The molecule has 1 aromatic rings. The molecule has 2 aliphatic rings. The Labute approximate surface area is 126 Å². The van der Waals surface area contributed by atoms with Gasteiger partial charge in [0.2, 0.25) is 5.89 Å². The maximum atomic E-state index is 5.46. The van der Waals surface area contributed by atoms with E-state index in [4.69, 9.17) is 4.52 Å². The number of anilines is 1. The third-order valence-corrected chi connectivity index (χ3v) is 4.60. The van der Waals surface area contributed by atoms with Gasteiger partial charge in [-0.15, -0.1) is 0 Å². The third-order valence-electron chi connectivity index (χ3n) is 4.60. The van der Waals surface area contributed by atoms with Gasteiger partial charge in [0.25, 0.3) is 5.95 Å². The first-order valence-corrected chi connectivity index (χ1v) is 8.16. The van der Waals surface area contributed by atoms with E-state index in [1.54, 1.807) is 0 Å². The van der Waals surface area contributed by atoms with E-state index in [0.29, 0.717) is 11.9 Å². The number of nitrogens with zero attached hydrogens (tertiary/aromatic N) is 4. The molecular formula is C15H27N5O. The Balaban J connectivity index is 1.56. The summed E-state index contributed by atoms with van der Waals surface area (Å²) in [5.74, 6) is 2.69. The number of nitrogens with one attached hydrogen (secondary N) is 1. The maximum Gasteiger partial charge on any atom is 0.265 e. The Bertz CT molecular complexity index is 441. The summed E-state index contributed by atoms with van der Waals surface area (Å²) in [5.41, 5.74) is 0. The van der Waals surface area contributed by atoms with Crippen molar-refractivity contribution in [3.05, 3.63) is 5.89 Å². The Hall–Kier alpha value is -1.14. The van der Waals surface area contributed by atoms with E-state index in [1.165, 1.54) is 45.4 Å². The standard InChI is InChI=1S/C15H27N5O/c1-19(2)15-17-14(21-18-15)13-6-4-8-20(11-13)10-12-5-3-7-16-9-12/h12-13,16H,3-11H2,1-2H3. The second-order valence-corrected chi connectivity index (χ2v) is 6.64. The van der Waals surface area contributed by atoms with Crippen LogP contribution in [0.5, 0.6) is 0 Å². The minimum atomic E-state index is 0.400. The lowest BCUT2D eigenvalue weighted by molar-refractivity contribution is 0.153. The molecule has 0 amide bonds. The average Bonchev–Trinajstić information content (AvgIpc) is 2.99. The minimum Gasteiger partial charge on any atom is -0.344 e. The largest absolute Gasteiger partial charge is 0.344 e. The van der Waals surface area contributed by atoms with Gasteiger partial charge in [0.15, 0.2) is 0 Å². The summed E-state index contributed by atoms with van der Waals surface area (Å²) in [4.78, 5) is 9.00. The number of likely N-dealkylation sites (tertiary alicyclic amines) is 1. The summed E-state index contributed by atoms with van der Waals surface area (Å²) in [6.07, 6.45) is 5.07. The Kier molecular flexibility index (Phi) is 4.75. The van der Waals surface area contributed by atoms with Crippen molar-refractivity contribution in [2.24, 2.45) is 5.92 Å². The van der Waals surface area contributed by atoms with Crippen molar-refractivity contribution in [1.29, 1.82) is 0 Å². The molecule has 0 saturated carbocycles. The van der Waals surface area contributed by atoms with Crippen molar-refractivity contribution in [3.8, 4) is 0 Å². The molecule has 3 heterocycles. The van der Waals surface area contributed by atoms with E-state index >= 15 is 0 Å². The number of hydrogen-bond acceptors (Lipinski definition) is 6. The summed E-state index contributed by atoms with van der Waals surface area (Å²) in [6, 6.07) is 0. The van der Waals surface area contributed by atoms with Crippen LogP contribution in [-0.4, -0.2) is 61.9 Å². The van der Waals surface area contributed by atoms with Crippen LogP contribution in [0.25, 0.3) is 0 Å². The van der Waals surface area contributed by atoms with Crippen LogP contribution < -0.4 is 10.2 Å². The van der Waals surface area contributed by atoms with Crippen LogP contribution >= 0.6 is 0 Å². The first-order chi connectivity index (χ1) is 10.2. The van der Waals surface area contributed by atoms with Crippen molar-refractivity contribution in [2.75, 3.05) is 51.7 Å². The molecule has 0 aliphatic carbocycles. The molecule has 118 valence electrons. The zero-order valence-electron chi connectivity index (χ0n) is 13.2. The van der Waals surface area contributed by atoms with Gasteiger partial charge in [-0.25, -0.2) is 0 Å². The molecule has 2 fully saturated rings. The van der Waals surface area contributed by atoms with E-state index in [0.717, 1.165) is 24.8 Å². The summed E-state index contributed by atoms with van der Waals surface area (Å²) >= 11 is 0. The van der Waals surface area contributed by atoms with Crippen LogP contribution in [0, 0.1) is 5.92 Å². The molecule has 0 aromatic carbocycles. The molecule has 6 nitrogen and oxygen atoms in total. The van der Waals surface area contributed by atoms with E-state index < -0.39 is 0 Å². The molecule has 1 aromatic heterocycles. The highest BCUT2D eigenvalue weighted by molar-refractivity contribution is 5.24. The van der Waals surface area contributed by atoms with Crippen molar-refractivity contribution in [2.45, 2.75) is 31.6 Å². The lowest BCUT2D eigenvalue weighted by Crippen LogP contribution is -2.42. The predicted octanol–water partition coefficient (Wildman–Crippen LogP) is 1.31. The molecule has 6 heteroatoms. The second kappa shape index (κ2) is 6.75. The zero-order chi connectivity index (χ0) is 14.7. The fraction of sp³-hybridized carbons (Fsp3) is 0.867.